The lowest BCUT2D eigenvalue weighted by molar-refractivity contribution is -0.117. The summed E-state index contributed by atoms with van der Waals surface area (Å²) in [5.74, 6) is -0.00125. The maximum atomic E-state index is 12.4. The summed E-state index contributed by atoms with van der Waals surface area (Å²) in [6.07, 6.45) is 14.8. The molecule has 0 bridgehead atoms. The number of carbonyl (C=O) groups is 2. The molecule has 1 aromatic rings. The lowest BCUT2D eigenvalue weighted by Gasteiger charge is -2.29. The number of aldehydes is 1. The predicted molar refractivity (Wildman–Crippen MR) is 107 cm³/mol. The Hall–Kier alpha value is -1.68. The highest BCUT2D eigenvalue weighted by atomic mass is 32.1. The van der Waals surface area contributed by atoms with Crippen molar-refractivity contribution in [3.05, 3.63) is 34.0 Å². The first-order valence-electron chi connectivity index (χ1n) is 9.31. The van der Waals surface area contributed by atoms with Crippen molar-refractivity contribution < 1.29 is 9.59 Å². The normalized spacial score (nSPS) is 16.4. The molecule has 1 amide bonds. The number of carbonyl (C=O) groups excluding carboxylic acids is 2. The Bertz CT molecular complexity index is 657. The maximum Gasteiger partial charge on any atom is 0.224 e. The molecule has 0 saturated heterocycles. The van der Waals surface area contributed by atoms with Crippen LogP contribution in [0.25, 0.3) is 5.57 Å². The van der Waals surface area contributed by atoms with Crippen molar-refractivity contribution in [1.29, 1.82) is 0 Å². The highest BCUT2D eigenvalue weighted by Gasteiger charge is 2.25. The van der Waals surface area contributed by atoms with E-state index in [4.69, 9.17) is 0 Å². The summed E-state index contributed by atoms with van der Waals surface area (Å²) in [4.78, 5) is 27.7. The molecule has 0 radical (unpaired) electrons. The summed E-state index contributed by atoms with van der Waals surface area (Å²) in [5, 5.41) is 0. The van der Waals surface area contributed by atoms with Crippen molar-refractivity contribution in [2.24, 2.45) is 0 Å². The minimum atomic E-state index is -0.00125. The molecule has 3 nitrogen and oxygen atoms in total. The summed E-state index contributed by atoms with van der Waals surface area (Å²) in [6, 6.07) is 2.14. The van der Waals surface area contributed by atoms with Gasteiger partial charge in [-0.05, 0) is 57.1 Å². The summed E-state index contributed by atoms with van der Waals surface area (Å²) in [5.41, 5.74) is 2.12. The molecule has 136 valence electrons. The van der Waals surface area contributed by atoms with Gasteiger partial charge >= 0.3 is 0 Å². The van der Waals surface area contributed by atoms with Gasteiger partial charge in [0, 0.05) is 17.8 Å². The summed E-state index contributed by atoms with van der Waals surface area (Å²) >= 11 is 1.52. The first-order chi connectivity index (χ1) is 12.1. The van der Waals surface area contributed by atoms with E-state index in [1.54, 1.807) is 6.92 Å². The second-order valence-corrected chi connectivity index (χ2v) is 7.65. The molecule has 1 aromatic heterocycles. The fourth-order valence-corrected chi connectivity index (χ4v) is 4.47. The van der Waals surface area contributed by atoms with Crippen molar-refractivity contribution in [2.45, 2.75) is 71.8 Å². The molecular formula is C21H29NO2S. The van der Waals surface area contributed by atoms with Crippen LogP contribution >= 0.6 is 11.3 Å². The maximum absolute atomic E-state index is 12.4. The number of rotatable bonds is 7. The Morgan fingerprint density at radius 3 is 2.80 bits per heavy atom. The molecule has 0 saturated carbocycles. The van der Waals surface area contributed by atoms with Crippen LogP contribution < -0.4 is 4.90 Å². The summed E-state index contributed by atoms with van der Waals surface area (Å²) < 4.78 is 0. The average molecular weight is 360 g/mol. The third kappa shape index (κ3) is 4.91. The SMILES string of the molecule is CC=CCC(CC)N(C(C)=O)c1cc(C2=CCCCCC2)sc1C=O. The number of thiophene rings is 1. The topological polar surface area (TPSA) is 37.4 Å². The van der Waals surface area contributed by atoms with Crippen LogP contribution in [0, 0.1) is 0 Å². The molecule has 1 heterocycles. The number of anilines is 1. The van der Waals surface area contributed by atoms with Gasteiger partial charge in [0.2, 0.25) is 5.91 Å². The molecular weight excluding hydrogens is 330 g/mol. The molecule has 1 aliphatic carbocycles. The molecule has 0 aliphatic heterocycles. The van der Waals surface area contributed by atoms with E-state index in [9.17, 15) is 9.59 Å². The van der Waals surface area contributed by atoms with Crippen LogP contribution in [0.1, 0.15) is 80.3 Å². The Balaban J connectivity index is 2.41. The number of hydrogen-bond acceptors (Lipinski definition) is 3. The molecule has 1 atom stereocenters. The Kier molecular flexibility index (Phi) is 7.63. The number of nitrogens with zero attached hydrogens (tertiary/aromatic N) is 1. The van der Waals surface area contributed by atoms with Gasteiger partial charge in [-0.15, -0.1) is 11.3 Å². The van der Waals surface area contributed by atoms with Crippen molar-refractivity contribution >= 4 is 34.8 Å². The van der Waals surface area contributed by atoms with Gasteiger partial charge in [-0.2, -0.15) is 0 Å². The Morgan fingerprint density at radius 1 is 1.36 bits per heavy atom. The van der Waals surface area contributed by atoms with E-state index in [1.165, 1.54) is 36.2 Å². The van der Waals surface area contributed by atoms with E-state index < -0.39 is 0 Å². The standard InChI is InChI=1S/C21H29NO2S/c1-4-6-13-18(5-2)22(16(3)24)19-14-20(25-21(19)15-23)17-11-9-7-8-10-12-17/h4,6,11,14-15,18H,5,7-10,12-13H2,1-3H3. The predicted octanol–water partition coefficient (Wildman–Crippen LogP) is 6.01. The molecule has 0 N–H and O–H groups in total. The lowest BCUT2D eigenvalue weighted by Crippen LogP contribution is -2.38. The van der Waals surface area contributed by atoms with Crippen molar-refractivity contribution in [1.82, 2.24) is 0 Å². The molecule has 1 aliphatic rings. The fraction of sp³-hybridized carbons (Fsp3) is 0.524. The highest BCUT2D eigenvalue weighted by Crippen LogP contribution is 2.38. The summed E-state index contributed by atoms with van der Waals surface area (Å²) in [6.45, 7) is 5.67. The van der Waals surface area contributed by atoms with Gasteiger partial charge in [-0.3, -0.25) is 9.59 Å². The minimum Gasteiger partial charge on any atom is -0.308 e. The van der Waals surface area contributed by atoms with Gasteiger partial charge in [-0.25, -0.2) is 0 Å². The molecule has 0 aromatic carbocycles. The molecule has 1 unspecified atom stereocenters. The highest BCUT2D eigenvalue weighted by molar-refractivity contribution is 7.15. The molecule has 0 fully saturated rings. The second kappa shape index (κ2) is 9.71. The van der Waals surface area contributed by atoms with Gasteiger partial charge in [0.25, 0.3) is 0 Å². The Labute approximate surface area is 155 Å². The number of hydrogen-bond donors (Lipinski definition) is 0. The third-order valence-electron chi connectivity index (χ3n) is 4.78. The van der Waals surface area contributed by atoms with Crippen LogP contribution in [-0.2, 0) is 4.79 Å². The zero-order valence-corrected chi connectivity index (χ0v) is 16.4. The second-order valence-electron chi connectivity index (χ2n) is 6.56. The minimum absolute atomic E-state index is 0.00125. The average Bonchev–Trinajstić information content (AvgIpc) is 2.83. The van der Waals surface area contributed by atoms with Crippen LogP contribution in [-0.4, -0.2) is 18.2 Å². The van der Waals surface area contributed by atoms with Crippen LogP contribution in [0.4, 0.5) is 5.69 Å². The van der Waals surface area contributed by atoms with E-state index in [1.807, 2.05) is 17.9 Å². The molecule has 25 heavy (non-hydrogen) atoms. The van der Waals surface area contributed by atoms with Crippen molar-refractivity contribution in [3.63, 3.8) is 0 Å². The van der Waals surface area contributed by atoms with E-state index in [-0.39, 0.29) is 11.9 Å². The molecule has 0 spiro atoms. The van der Waals surface area contributed by atoms with Crippen molar-refractivity contribution in [2.75, 3.05) is 4.90 Å². The van der Waals surface area contributed by atoms with Crippen molar-refractivity contribution in [3.8, 4) is 0 Å². The van der Waals surface area contributed by atoms with Gasteiger partial charge < -0.3 is 4.90 Å². The van der Waals surface area contributed by atoms with E-state index in [2.05, 4.69) is 25.1 Å². The van der Waals surface area contributed by atoms with Crippen LogP contribution in [0.3, 0.4) is 0 Å². The summed E-state index contributed by atoms with van der Waals surface area (Å²) in [7, 11) is 0. The molecule has 4 heteroatoms. The Morgan fingerprint density at radius 2 is 2.16 bits per heavy atom. The van der Waals surface area contributed by atoms with Gasteiger partial charge in [0.05, 0.1) is 10.6 Å². The van der Waals surface area contributed by atoms with Crippen LogP contribution in [0.15, 0.2) is 24.3 Å². The van der Waals surface area contributed by atoms with Crippen LogP contribution in [0.2, 0.25) is 0 Å². The number of amides is 1. The van der Waals surface area contributed by atoms with E-state index in [0.29, 0.717) is 4.88 Å². The molecule has 2 rings (SSSR count). The van der Waals surface area contributed by atoms with Crippen LogP contribution in [0.5, 0.6) is 0 Å². The fourth-order valence-electron chi connectivity index (χ4n) is 3.44. The zero-order valence-electron chi connectivity index (χ0n) is 15.6. The lowest BCUT2D eigenvalue weighted by atomic mass is 10.1. The largest absolute Gasteiger partial charge is 0.308 e. The van der Waals surface area contributed by atoms with Gasteiger partial charge in [0.1, 0.15) is 0 Å². The van der Waals surface area contributed by atoms with E-state index >= 15 is 0 Å². The van der Waals surface area contributed by atoms with E-state index in [0.717, 1.165) is 42.5 Å². The quantitative estimate of drug-likeness (QED) is 0.442. The number of allylic oxidation sites excluding steroid dienone is 3. The van der Waals surface area contributed by atoms with Gasteiger partial charge in [0.15, 0.2) is 6.29 Å². The zero-order chi connectivity index (χ0) is 18.2. The van der Waals surface area contributed by atoms with Gasteiger partial charge in [-0.1, -0.05) is 31.6 Å². The monoisotopic (exact) mass is 359 g/mol. The smallest absolute Gasteiger partial charge is 0.224 e. The first kappa shape index (κ1) is 19.6. The first-order valence-corrected chi connectivity index (χ1v) is 10.1. The third-order valence-corrected chi connectivity index (χ3v) is 5.91.